The molecule has 0 spiro atoms. The molecular weight excluding hydrogens is 208 g/mol. The summed E-state index contributed by atoms with van der Waals surface area (Å²) in [6.07, 6.45) is 4.06. The fourth-order valence-corrected chi connectivity index (χ4v) is 3.02. The first-order valence-corrected chi connectivity index (χ1v) is 7.40. The van der Waals surface area contributed by atoms with Gasteiger partial charge in [0.25, 0.3) is 0 Å². The molecular formula is C15H32N2. The normalized spacial score (nSPS) is 27.2. The maximum Gasteiger partial charge on any atom is 0.00445 e. The second-order valence-electron chi connectivity index (χ2n) is 6.51. The predicted molar refractivity (Wildman–Crippen MR) is 76.3 cm³/mol. The second kappa shape index (κ2) is 6.75. The third-order valence-electron chi connectivity index (χ3n) is 4.13. The second-order valence-corrected chi connectivity index (χ2v) is 6.51. The van der Waals surface area contributed by atoms with Gasteiger partial charge in [0.05, 0.1) is 0 Å². The zero-order chi connectivity index (χ0) is 12.9. The molecule has 2 heteroatoms. The molecule has 0 aromatic carbocycles. The van der Waals surface area contributed by atoms with E-state index in [1.54, 1.807) is 0 Å². The minimum atomic E-state index is 0.442. The lowest BCUT2D eigenvalue weighted by Crippen LogP contribution is -2.41. The molecule has 1 N–H and O–H groups in total. The molecule has 0 amide bonds. The van der Waals surface area contributed by atoms with E-state index < -0.39 is 0 Å². The highest BCUT2D eigenvalue weighted by Crippen LogP contribution is 2.38. The minimum Gasteiger partial charge on any atom is -0.316 e. The Morgan fingerprint density at radius 2 is 2.00 bits per heavy atom. The number of hydrogen-bond acceptors (Lipinski definition) is 2. The van der Waals surface area contributed by atoms with Gasteiger partial charge in [-0.25, -0.2) is 0 Å². The lowest BCUT2D eigenvalue weighted by molar-refractivity contribution is 0.168. The van der Waals surface area contributed by atoms with E-state index in [1.807, 2.05) is 0 Å². The fraction of sp³-hybridized carbons (Fsp3) is 1.00. The molecule has 0 aromatic rings. The van der Waals surface area contributed by atoms with Gasteiger partial charge in [-0.15, -0.1) is 0 Å². The molecule has 0 aromatic heterocycles. The van der Waals surface area contributed by atoms with Crippen molar-refractivity contribution in [3.63, 3.8) is 0 Å². The van der Waals surface area contributed by atoms with Crippen LogP contribution in [-0.4, -0.2) is 38.1 Å². The first-order chi connectivity index (χ1) is 8.00. The highest BCUT2D eigenvalue weighted by Gasteiger charge is 2.34. The first kappa shape index (κ1) is 15.0. The van der Waals surface area contributed by atoms with Crippen LogP contribution in [-0.2, 0) is 0 Å². The SMILES string of the molecule is CCCC(C)(CNCC)CN(C)CC1CC1C. The predicted octanol–water partition coefficient (Wildman–Crippen LogP) is 2.99. The number of rotatable bonds is 9. The van der Waals surface area contributed by atoms with Crippen LogP contribution < -0.4 is 5.32 Å². The third kappa shape index (κ3) is 5.39. The Kier molecular flexibility index (Phi) is 5.94. The van der Waals surface area contributed by atoms with Crippen molar-refractivity contribution in [1.82, 2.24) is 10.2 Å². The fourth-order valence-electron chi connectivity index (χ4n) is 3.02. The zero-order valence-electron chi connectivity index (χ0n) is 12.6. The molecule has 0 radical (unpaired) electrons. The van der Waals surface area contributed by atoms with Gasteiger partial charge in [0.1, 0.15) is 0 Å². The molecule has 0 bridgehead atoms. The van der Waals surface area contributed by atoms with E-state index in [9.17, 15) is 0 Å². The summed E-state index contributed by atoms with van der Waals surface area (Å²) in [6, 6.07) is 0. The van der Waals surface area contributed by atoms with Crippen LogP contribution in [0, 0.1) is 17.3 Å². The molecule has 17 heavy (non-hydrogen) atoms. The van der Waals surface area contributed by atoms with Gasteiger partial charge in [-0.2, -0.15) is 0 Å². The standard InChI is InChI=1S/C15H32N2/c1-6-8-15(4,11-16-7-2)12-17(5)10-14-9-13(14)3/h13-14,16H,6-12H2,1-5H3. The van der Waals surface area contributed by atoms with Crippen LogP contribution in [0.3, 0.4) is 0 Å². The summed E-state index contributed by atoms with van der Waals surface area (Å²) in [4.78, 5) is 2.56. The quantitative estimate of drug-likeness (QED) is 0.666. The molecule has 3 unspecified atom stereocenters. The Balaban J connectivity index is 2.35. The van der Waals surface area contributed by atoms with E-state index in [-0.39, 0.29) is 0 Å². The van der Waals surface area contributed by atoms with Crippen molar-refractivity contribution < 1.29 is 0 Å². The van der Waals surface area contributed by atoms with Crippen LogP contribution in [0.1, 0.15) is 47.0 Å². The number of nitrogens with one attached hydrogen (secondary N) is 1. The molecule has 2 nitrogen and oxygen atoms in total. The summed E-state index contributed by atoms with van der Waals surface area (Å²) in [5.74, 6) is 1.95. The Labute approximate surface area is 108 Å². The molecule has 0 aliphatic heterocycles. The van der Waals surface area contributed by atoms with Gasteiger partial charge >= 0.3 is 0 Å². The van der Waals surface area contributed by atoms with Crippen molar-refractivity contribution in [3.05, 3.63) is 0 Å². The van der Waals surface area contributed by atoms with E-state index in [4.69, 9.17) is 0 Å². The molecule has 1 fully saturated rings. The highest BCUT2D eigenvalue weighted by atomic mass is 15.1. The van der Waals surface area contributed by atoms with Gasteiger partial charge in [-0.3, -0.25) is 0 Å². The van der Waals surface area contributed by atoms with Crippen LogP contribution in [0.4, 0.5) is 0 Å². The molecule has 102 valence electrons. The van der Waals surface area contributed by atoms with Crippen LogP contribution >= 0.6 is 0 Å². The number of nitrogens with zero attached hydrogens (tertiary/aromatic N) is 1. The van der Waals surface area contributed by atoms with Gasteiger partial charge in [-0.05, 0) is 43.7 Å². The van der Waals surface area contributed by atoms with Gasteiger partial charge in [0.2, 0.25) is 0 Å². The van der Waals surface area contributed by atoms with Gasteiger partial charge in [0, 0.05) is 19.6 Å². The summed E-state index contributed by atoms with van der Waals surface area (Å²) in [5, 5.41) is 3.53. The highest BCUT2D eigenvalue weighted by molar-refractivity contribution is 4.87. The van der Waals surface area contributed by atoms with Gasteiger partial charge in [-0.1, -0.05) is 34.1 Å². The average Bonchev–Trinajstić information content (AvgIpc) is 2.91. The van der Waals surface area contributed by atoms with Crippen molar-refractivity contribution in [2.45, 2.75) is 47.0 Å². The molecule has 0 saturated heterocycles. The van der Waals surface area contributed by atoms with Crippen LogP contribution in [0.2, 0.25) is 0 Å². The average molecular weight is 240 g/mol. The topological polar surface area (TPSA) is 15.3 Å². The van der Waals surface area contributed by atoms with Crippen LogP contribution in [0.15, 0.2) is 0 Å². The van der Waals surface area contributed by atoms with E-state index in [0.717, 1.165) is 24.9 Å². The van der Waals surface area contributed by atoms with Crippen molar-refractivity contribution >= 4 is 0 Å². The van der Waals surface area contributed by atoms with E-state index in [0.29, 0.717) is 5.41 Å². The van der Waals surface area contributed by atoms with E-state index in [1.165, 1.54) is 32.4 Å². The Bertz CT molecular complexity index is 217. The molecule has 0 heterocycles. The van der Waals surface area contributed by atoms with Crippen molar-refractivity contribution in [1.29, 1.82) is 0 Å². The largest absolute Gasteiger partial charge is 0.316 e. The summed E-state index contributed by atoms with van der Waals surface area (Å²) in [6.45, 7) is 14.1. The lowest BCUT2D eigenvalue weighted by Gasteiger charge is -2.34. The Morgan fingerprint density at radius 3 is 2.47 bits per heavy atom. The van der Waals surface area contributed by atoms with Gasteiger partial charge < -0.3 is 10.2 Å². The monoisotopic (exact) mass is 240 g/mol. The Morgan fingerprint density at radius 1 is 1.35 bits per heavy atom. The minimum absolute atomic E-state index is 0.442. The molecule has 1 aliphatic carbocycles. The van der Waals surface area contributed by atoms with Crippen LogP contribution in [0.25, 0.3) is 0 Å². The Hall–Kier alpha value is -0.0800. The molecule has 3 atom stereocenters. The van der Waals surface area contributed by atoms with Gasteiger partial charge in [0.15, 0.2) is 0 Å². The molecule has 1 rings (SSSR count). The van der Waals surface area contributed by atoms with E-state index in [2.05, 4.69) is 45.0 Å². The van der Waals surface area contributed by atoms with Crippen LogP contribution in [0.5, 0.6) is 0 Å². The first-order valence-electron chi connectivity index (χ1n) is 7.40. The summed E-state index contributed by atoms with van der Waals surface area (Å²) < 4.78 is 0. The van der Waals surface area contributed by atoms with Crippen molar-refractivity contribution in [3.8, 4) is 0 Å². The summed E-state index contributed by atoms with van der Waals surface area (Å²) in [5.41, 5.74) is 0.442. The lowest BCUT2D eigenvalue weighted by atomic mass is 9.84. The maximum atomic E-state index is 3.53. The number of hydrogen-bond donors (Lipinski definition) is 1. The molecule has 1 saturated carbocycles. The zero-order valence-corrected chi connectivity index (χ0v) is 12.6. The van der Waals surface area contributed by atoms with Crippen molar-refractivity contribution in [2.75, 3.05) is 33.2 Å². The van der Waals surface area contributed by atoms with Crippen molar-refractivity contribution in [2.24, 2.45) is 17.3 Å². The summed E-state index contributed by atoms with van der Waals surface area (Å²) in [7, 11) is 2.30. The van der Waals surface area contributed by atoms with E-state index >= 15 is 0 Å². The summed E-state index contributed by atoms with van der Waals surface area (Å²) >= 11 is 0. The smallest absolute Gasteiger partial charge is 0.00445 e. The maximum absolute atomic E-state index is 3.53. The molecule has 1 aliphatic rings. The third-order valence-corrected chi connectivity index (χ3v) is 4.13.